The second-order valence-corrected chi connectivity index (χ2v) is 5.33. The maximum Gasteiger partial charge on any atom is 0.231 e. The third kappa shape index (κ3) is 4.39. The summed E-state index contributed by atoms with van der Waals surface area (Å²) in [7, 11) is 0. The van der Waals surface area contributed by atoms with Crippen LogP contribution in [-0.2, 0) is 11.2 Å². The summed E-state index contributed by atoms with van der Waals surface area (Å²) < 4.78 is 10.6. The standard InChI is InChI=1S/C18H20N2O3/c21-18(20-10-8-14-4-2-1-3-5-14)9-11-19-15-6-7-16-17(12-15)23-13-22-16/h1-7,12,19H,8-11,13H2,(H,20,21). The van der Waals surface area contributed by atoms with Gasteiger partial charge in [0, 0.05) is 31.3 Å². The predicted octanol–water partition coefficient (Wildman–Crippen LogP) is 2.58. The van der Waals surface area contributed by atoms with Crippen LogP contribution in [-0.4, -0.2) is 25.8 Å². The fourth-order valence-corrected chi connectivity index (χ4v) is 2.41. The van der Waals surface area contributed by atoms with E-state index in [0.717, 1.165) is 23.6 Å². The van der Waals surface area contributed by atoms with Crippen molar-refractivity contribution < 1.29 is 14.3 Å². The number of nitrogens with one attached hydrogen (secondary N) is 2. The fraction of sp³-hybridized carbons (Fsp3) is 0.278. The Kier molecular flexibility index (Phi) is 4.99. The molecule has 120 valence electrons. The zero-order valence-electron chi connectivity index (χ0n) is 12.9. The molecule has 0 saturated heterocycles. The minimum absolute atomic E-state index is 0.0502. The molecule has 0 aliphatic carbocycles. The lowest BCUT2D eigenvalue weighted by atomic mass is 10.1. The van der Waals surface area contributed by atoms with Crippen LogP contribution in [0.15, 0.2) is 48.5 Å². The normalized spacial score (nSPS) is 12.0. The lowest BCUT2D eigenvalue weighted by Crippen LogP contribution is -2.27. The number of fused-ring (bicyclic) bond motifs is 1. The van der Waals surface area contributed by atoms with E-state index in [2.05, 4.69) is 22.8 Å². The Labute approximate surface area is 135 Å². The third-order valence-corrected chi connectivity index (χ3v) is 3.63. The lowest BCUT2D eigenvalue weighted by Gasteiger charge is -2.08. The topological polar surface area (TPSA) is 59.6 Å². The monoisotopic (exact) mass is 312 g/mol. The maximum absolute atomic E-state index is 11.8. The van der Waals surface area contributed by atoms with Gasteiger partial charge >= 0.3 is 0 Å². The molecular formula is C18H20N2O3. The number of hydrogen-bond donors (Lipinski definition) is 2. The molecule has 3 rings (SSSR count). The molecule has 0 bridgehead atoms. The van der Waals surface area contributed by atoms with Gasteiger partial charge < -0.3 is 20.1 Å². The molecule has 1 heterocycles. The van der Waals surface area contributed by atoms with E-state index in [1.807, 2.05) is 36.4 Å². The Bertz CT molecular complexity index is 659. The third-order valence-electron chi connectivity index (χ3n) is 3.63. The zero-order chi connectivity index (χ0) is 15.9. The van der Waals surface area contributed by atoms with Crippen LogP contribution in [0, 0.1) is 0 Å². The van der Waals surface area contributed by atoms with Gasteiger partial charge in [0.2, 0.25) is 12.7 Å². The van der Waals surface area contributed by atoms with E-state index in [1.165, 1.54) is 5.56 Å². The van der Waals surface area contributed by atoms with E-state index in [4.69, 9.17) is 9.47 Å². The molecule has 2 aromatic carbocycles. The molecule has 5 nitrogen and oxygen atoms in total. The number of amides is 1. The van der Waals surface area contributed by atoms with E-state index in [1.54, 1.807) is 0 Å². The van der Waals surface area contributed by atoms with Gasteiger partial charge in [-0.1, -0.05) is 30.3 Å². The van der Waals surface area contributed by atoms with Gasteiger partial charge in [0.15, 0.2) is 11.5 Å². The lowest BCUT2D eigenvalue weighted by molar-refractivity contribution is -0.120. The van der Waals surface area contributed by atoms with E-state index in [0.29, 0.717) is 19.5 Å². The summed E-state index contributed by atoms with van der Waals surface area (Å²) in [4.78, 5) is 11.8. The number of carbonyl (C=O) groups excluding carboxylic acids is 1. The first-order valence-electron chi connectivity index (χ1n) is 7.75. The molecule has 2 N–H and O–H groups in total. The predicted molar refractivity (Wildman–Crippen MR) is 88.8 cm³/mol. The molecule has 0 atom stereocenters. The van der Waals surface area contributed by atoms with Crippen molar-refractivity contribution in [2.45, 2.75) is 12.8 Å². The summed E-state index contributed by atoms with van der Waals surface area (Å²) in [6, 6.07) is 15.8. The molecule has 0 unspecified atom stereocenters. The van der Waals surface area contributed by atoms with Crippen LogP contribution in [0.5, 0.6) is 11.5 Å². The van der Waals surface area contributed by atoms with Crippen molar-refractivity contribution >= 4 is 11.6 Å². The fourth-order valence-electron chi connectivity index (χ4n) is 2.41. The molecular weight excluding hydrogens is 292 g/mol. The Hall–Kier alpha value is -2.69. The second kappa shape index (κ2) is 7.54. The molecule has 0 radical (unpaired) electrons. The van der Waals surface area contributed by atoms with Gasteiger partial charge in [-0.05, 0) is 24.1 Å². The summed E-state index contributed by atoms with van der Waals surface area (Å²) in [5.41, 5.74) is 2.15. The smallest absolute Gasteiger partial charge is 0.231 e. The highest BCUT2D eigenvalue weighted by Gasteiger charge is 2.13. The van der Waals surface area contributed by atoms with Gasteiger partial charge in [0.05, 0.1) is 0 Å². The van der Waals surface area contributed by atoms with Gasteiger partial charge in [-0.15, -0.1) is 0 Å². The van der Waals surface area contributed by atoms with E-state index >= 15 is 0 Å². The highest BCUT2D eigenvalue weighted by atomic mass is 16.7. The van der Waals surface area contributed by atoms with Gasteiger partial charge in [-0.3, -0.25) is 4.79 Å². The summed E-state index contributed by atoms with van der Waals surface area (Å²) >= 11 is 0. The van der Waals surface area contributed by atoms with Crippen LogP contribution in [0.1, 0.15) is 12.0 Å². The number of rotatable bonds is 7. The summed E-state index contributed by atoms with van der Waals surface area (Å²) in [6.45, 7) is 1.51. The van der Waals surface area contributed by atoms with Crippen LogP contribution in [0.3, 0.4) is 0 Å². The van der Waals surface area contributed by atoms with Crippen LogP contribution >= 0.6 is 0 Å². The Morgan fingerprint density at radius 3 is 2.70 bits per heavy atom. The van der Waals surface area contributed by atoms with E-state index in [-0.39, 0.29) is 12.7 Å². The van der Waals surface area contributed by atoms with Gasteiger partial charge in [0.1, 0.15) is 0 Å². The highest BCUT2D eigenvalue weighted by Crippen LogP contribution is 2.34. The van der Waals surface area contributed by atoms with Crippen molar-refractivity contribution in [3.8, 4) is 11.5 Å². The van der Waals surface area contributed by atoms with E-state index in [9.17, 15) is 4.79 Å². The SMILES string of the molecule is O=C(CCNc1ccc2c(c1)OCO2)NCCc1ccccc1. The van der Waals surface area contributed by atoms with Crippen LogP contribution in [0.25, 0.3) is 0 Å². The van der Waals surface area contributed by atoms with Gasteiger partial charge in [-0.25, -0.2) is 0 Å². The summed E-state index contributed by atoms with van der Waals surface area (Å²) in [6.07, 6.45) is 1.28. The Morgan fingerprint density at radius 2 is 1.83 bits per heavy atom. The van der Waals surface area contributed by atoms with Crippen molar-refractivity contribution in [2.24, 2.45) is 0 Å². The number of hydrogen-bond acceptors (Lipinski definition) is 4. The first-order valence-corrected chi connectivity index (χ1v) is 7.75. The first kappa shape index (κ1) is 15.2. The van der Waals surface area contributed by atoms with Crippen molar-refractivity contribution in [1.82, 2.24) is 5.32 Å². The van der Waals surface area contributed by atoms with E-state index < -0.39 is 0 Å². The minimum Gasteiger partial charge on any atom is -0.454 e. The average molecular weight is 312 g/mol. The summed E-state index contributed by atoms with van der Waals surface area (Å²) in [5.74, 6) is 1.55. The van der Waals surface area contributed by atoms with Crippen LogP contribution in [0.4, 0.5) is 5.69 Å². The van der Waals surface area contributed by atoms with Crippen molar-refractivity contribution in [3.63, 3.8) is 0 Å². The molecule has 2 aromatic rings. The molecule has 0 aromatic heterocycles. The maximum atomic E-state index is 11.8. The van der Waals surface area contributed by atoms with Crippen molar-refractivity contribution in [3.05, 3.63) is 54.1 Å². The highest BCUT2D eigenvalue weighted by molar-refractivity contribution is 5.76. The quantitative estimate of drug-likeness (QED) is 0.825. The molecule has 1 aliphatic heterocycles. The number of carbonyl (C=O) groups is 1. The summed E-state index contributed by atoms with van der Waals surface area (Å²) in [5, 5.41) is 6.15. The van der Waals surface area contributed by atoms with Gasteiger partial charge in [0.25, 0.3) is 0 Å². The van der Waals surface area contributed by atoms with Gasteiger partial charge in [-0.2, -0.15) is 0 Å². The zero-order valence-corrected chi connectivity index (χ0v) is 12.9. The number of benzene rings is 2. The van der Waals surface area contributed by atoms with Crippen LogP contribution < -0.4 is 20.1 Å². The molecule has 0 saturated carbocycles. The molecule has 5 heteroatoms. The first-order chi connectivity index (χ1) is 11.3. The molecule has 0 fully saturated rings. The largest absolute Gasteiger partial charge is 0.454 e. The minimum atomic E-state index is 0.0502. The number of anilines is 1. The molecule has 1 amide bonds. The Morgan fingerprint density at radius 1 is 1.00 bits per heavy atom. The Balaban J connectivity index is 1.34. The molecule has 1 aliphatic rings. The van der Waals surface area contributed by atoms with Crippen LogP contribution in [0.2, 0.25) is 0 Å². The van der Waals surface area contributed by atoms with Crippen molar-refractivity contribution in [1.29, 1.82) is 0 Å². The average Bonchev–Trinajstić information content (AvgIpc) is 3.03. The second-order valence-electron chi connectivity index (χ2n) is 5.33. The van der Waals surface area contributed by atoms with Crippen molar-refractivity contribution in [2.75, 3.05) is 25.2 Å². The number of ether oxygens (including phenoxy) is 2. The molecule has 0 spiro atoms. The molecule has 23 heavy (non-hydrogen) atoms.